The van der Waals surface area contributed by atoms with Gasteiger partial charge in [0, 0.05) is 12.5 Å². The van der Waals surface area contributed by atoms with Crippen LogP contribution in [0.15, 0.2) is 48.5 Å². The third-order valence-electron chi connectivity index (χ3n) is 3.57. The fourth-order valence-corrected chi connectivity index (χ4v) is 3.24. The van der Waals surface area contributed by atoms with Gasteiger partial charge in [0.15, 0.2) is 5.82 Å². The predicted octanol–water partition coefficient (Wildman–Crippen LogP) is 4.23. The maximum Gasteiger partial charge on any atom is 0.234 e. The van der Waals surface area contributed by atoms with E-state index in [1.807, 2.05) is 42.5 Å². The highest BCUT2D eigenvalue weighted by Crippen LogP contribution is 2.19. The van der Waals surface area contributed by atoms with Crippen molar-refractivity contribution < 1.29 is 8.78 Å². The molecule has 4 aromatic rings. The Kier molecular flexibility index (Phi) is 4.07. The summed E-state index contributed by atoms with van der Waals surface area (Å²) in [5, 5.41) is 13.4. The molecule has 0 fully saturated rings. The first-order valence-corrected chi connectivity index (χ1v) is 8.38. The summed E-state index contributed by atoms with van der Waals surface area (Å²) in [7, 11) is 0. The zero-order valence-electron chi connectivity index (χ0n) is 12.9. The number of rotatable bonds is 4. The fourth-order valence-electron chi connectivity index (χ4n) is 2.48. The van der Waals surface area contributed by atoms with Crippen molar-refractivity contribution in [3.8, 4) is 0 Å². The molecule has 0 bridgehead atoms. The normalized spacial score (nSPS) is 11.6. The minimum Gasteiger partial charge on any atom is -0.207 e. The van der Waals surface area contributed by atoms with Gasteiger partial charge >= 0.3 is 0 Å². The molecule has 2 aromatic carbocycles. The van der Waals surface area contributed by atoms with Crippen molar-refractivity contribution in [1.82, 2.24) is 19.8 Å². The Balaban J connectivity index is 1.61. The summed E-state index contributed by atoms with van der Waals surface area (Å²) in [5.41, 5.74) is 1.56. The molecule has 25 heavy (non-hydrogen) atoms. The van der Waals surface area contributed by atoms with Gasteiger partial charge in [-0.05, 0) is 29.3 Å². The molecule has 4 nitrogen and oxygen atoms in total. The van der Waals surface area contributed by atoms with Crippen LogP contribution < -0.4 is 0 Å². The molecule has 2 aromatic heterocycles. The van der Waals surface area contributed by atoms with Crippen LogP contribution in [0.25, 0.3) is 17.1 Å². The second kappa shape index (κ2) is 6.52. The van der Waals surface area contributed by atoms with Crippen molar-refractivity contribution in [2.75, 3.05) is 0 Å². The van der Waals surface area contributed by atoms with Crippen LogP contribution in [0.5, 0.6) is 0 Å². The van der Waals surface area contributed by atoms with Crippen LogP contribution in [-0.4, -0.2) is 19.8 Å². The number of halogens is 2. The molecule has 0 aliphatic heterocycles. The minimum absolute atomic E-state index is 0.251. The zero-order chi connectivity index (χ0) is 17.2. The summed E-state index contributed by atoms with van der Waals surface area (Å²) in [6.07, 6.45) is 4.12. The second-order valence-corrected chi connectivity index (χ2v) is 6.44. The summed E-state index contributed by atoms with van der Waals surface area (Å²) < 4.78 is 28.3. The van der Waals surface area contributed by atoms with Gasteiger partial charge in [0.1, 0.15) is 16.6 Å². The highest BCUT2D eigenvalue weighted by molar-refractivity contribution is 7.17. The Morgan fingerprint density at radius 3 is 2.48 bits per heavy atom. The van der Waals surface area contributed by atoms with Crippen molar-refractivity contribution in [3.05, 3.63) is 82.1 Å². The predicted molar refractivity (Wildman–Crippen MR) is 93.2 cm³/mol. The Morgan fingerprint density at radius 1 is 0.960 bits per heavy atom. The van der Waals surface area contributed by atoms with Crippen molar-refractivity contribution in [2.45, 2.75) is 6.42 Å². The average molecular weight is 354 g/mol. The van der Waals surface area contributed by atoms with Crippen LogP contribution in [0.3, 0.4) is 0 Å². The lowest BCUT2D eigenvalue weighted by atomic mass is 10.1. The topological polar surface area (TPSA) is 43.1 Å². The first kappa shape index (κ1) is 15.6. The summed E-state index contributed by atoms with van der Waals surface area (Å²) in [6.45, 7) is 0. The first-order chi connectivity index (χ1) is 12.2. The maximum atomic E-state index is 13.3. The third kappa shape index (κ3) is 3.46. The van der Waals surface area contributed by atoms with Gasteiger partial charge in [-0.15, -0.1) is 10.2 Å². The molecule has 0 aliphatic carbocycles. The van der Waals surface area contributed by atoms with Crippen molar-refractivity contribution in [2.24, 2.45) is 0 Å². The van der Waals surface area contributed by atoms with Gasteiger partial charge in [-0.1, -0.05) is 47.7 Å². The molecule has 7 heteroatoms. The number of hydrogen-bond acceptors (Lipinski definition) is 4. The van der Waals surface area contributed by atoms with E-state index in [1.54, 1.807) is 4.52 Å². The van der Waals surface area contributed by atoms with Crippen molar-refractivity contribution in [3.63, 3.8) is 0 Å². The standard InChI is InChI=1S/C18H12F2N4S/c19-14-8-13(9-15(20)11-14)10-16-21-22-18-24(16)23-17(25-18)7-6-12-4-2-1-3-5-12/h1-9,11H,10H2. The molecule has 0 aliphatic rings. The smallest absolute Gasteiger partial charge is 0.207 e. The zero-order valence-corrected chi connectivity index (χ0v) is 13.8. The van der Waals surface area contributed by atoms with Gasteiger partial charge in [-0.25, -0.2) is 8.78 Å². The van der Waals surface area contributed by atoms with E-state index in [2.05, 4.69) is 15.3 Å². The monoisotopic (exact) mass is 354 g/mol. The summed E-state index contributed by atoms with van der Waals surface area (Å²) in [6, 6.07) is 13.3. The Labute approximate surface area is 146 Å². The molecule has 0 amide bonds. The van der Waals surface area contributed by atoms with Gasteiger partial charge in [0.2, 0.25) is 4.96 Å². The molecule has 2 heterocycles. The molecule has 124 valence electrons. The third-order valence-corrected chi connectivity index (χ3v) is 4.44. The van der Waals surface area contributed by atoms with E-state index in [4.69, 9.17) is 0 Å². The Morgan fingerprint density at radius 2 is 1.72 bits per heavy atom. The van der Waals surface area contributed by atoms with Gasteiger partial charge < -0.3 is 0 Å². The van der Waals surface area contributed by atoms with E-state index in [9.17, 15) is 8.78 Å². The molecular weight excluding hydrogens is 342 g/mol. The lowest BCUT2D eigenvalue weighted by Gasteiger charge is -1.99. The summed E-state index contributed by atoms with van der Waals surface area (Å²) in [4.78, 5) is 0.639. The van der Waals surface area contributed by atoms with Crippen molar-refractivity contribution >= 4 is 28.4 Å². The Hall–Kier alpha value is -2.93. The molecule has 0 spiro atoms. The number of fused-ring (bicyclic) bond motifs is 1. The van der Waals surface area contributed by atoms with E-state index in [0.717, 1.165) is 16.6 Å². The second-order valence-electron chi connectivity index (χ2n) is 5.45. The van der Waals surface area contributed by atoms with Crippen LogP contribution in [0, 0.1) is 11.6 Å². The number of benzene rings is 2. The SMILES string of the molecule is Fc1cc(F)cc(Cc2nnc3sc(C=Cc4ccccc4)nn23)c1. The largest absolute Gasteiger partial charge is 0.234 e. The van der Waals surface area contributed by atoms with Crippen LogP contribution >= 0.6 is 11.3 Å². The highest BCUT2D eigenvalue weighted by Gasteiger charge is 2.12. The highest BCUT2D eigenvalue weighted by atomic mass is 32.1. The van der Waals surface area contributed by atoms with Gasteiger partial charge in [-0.2, -0.15) is 9.61 Å². The maximum absolute atomic E-state index is 13.3. The van der Waals surface area contributed by atoms with Crippen LogP contribution in [-0.2, 0) is 6.42 Å². The number of nitrogens with zero attached hydrogens (tertiary/aromatic N) is 4. The molecule has 0 saturated heterocycles. The fraction of sp³-hybridized carbons (Fsp3) is 0.0556. The number of hydrogen-bond donors (Lipinski definition) is 0. The average Bonchev–Trinajstić information content (AvgIpc) is 3.15. The number of aromatic nitrogens is 4. The van der Waals surface area contributed by atoms with E-state index < -0.39 is 11.6 Å². The molecule has 0 atom stereocenters. The van der Waals surface area contributed by atoms with Gasteiger partial charge in [0.05, 0.1) is 0 Å². The van der Waals surface area contributed by atoms with E-state index >= 15 is 0 Å². The lowest BCUT2D eigenvalue weighted by molar-refractivity contribution is 0.580. The molecule has 4 rings (SSSR count). The van der Waals surface area contributed by atoms with Gasteiger partial charge in [-0.3, -0.25) is 0 Å². The Bertz CT molecular complexity index is 1030. The molecule has 0 radical (unpaired) electrons. The van der Waals surface area contributed by atoms with Gasteiger partial charge in [0.25, 0.3) is 0 Å². The van der Waals surface area contributed by atoms with E-state index in [-0.39, 0.29) is 6.42 Å². The first-order valence-electron chi connectivity index (χ1n) is 7.56. The lowest BCUT2D eigenvalue weighted by Crippen LogP contribution is -1.99. The van der Waals surface area contributed by atoms with Crippen LogP contribution in [0.4, 0.5) is 8.78 Å². The summed E-state index contributed by atoms with van der Waals surface area (Å²) in [5.74, 6) is -0.684. The minimum atomic E-state index is -0.611. The quantitative estimate of drug-likeness (QED) is 0.551. The van der Waals surface area contributed by atoms with E-state index in [1.165, 1.54) is 23.5 Å². The van der Waals surface area contributed by atoms with E-state index in [0.29, 0.717) is 16.3 Å². The summed E-state index contributed by atoms with van der Waals surface area (Å²) >= 11 is 1.40. The van der Waals surface area contributed by atoms with Crippen molar-refractivity contribution in [1.29, 1.82) is 0 Å². The molecule has 0 N–H and O–H groups in total. The molecular formula is C18H12F2N4S. The molecule has 0 unspecified atom stereocenters. The van der Waals surface area contributed by atoms with Crippen LogP contribution in [0.2, 0.25) is 0 Å². The molecule has 0 saturated carbocycles. The van der Waals surface area contributed by atoms with Crippen LogP contribution in [0.1, 0.15) is 22.0 Å².